The summed E-state index contributed by atoms with van der Waals surface area (Å²) in [7, 11) is 0. The maximum atomic E-state index is 13.7. The van der Waals surface area contributed by atoms with Crippen molar-refractivity contribution in [3.05, 3.63) is 41.5 Å². The molecule has 2 aliphatic heterocycles. The standard InChI is InChI=1S/C19H21F3N6O/c20-19(21,22)14-10-26-18(27-11-4-3-6-23-8-11)28-15(14)13-9-25-16-12(13)5-1-2-7-24-17(16)29/h2,7,9-11,23,25H,1,3-6,8H2,(H,24,29)(H,26,27,28)/b7-2-/t11-/m0/s1. The molecule has 0 saturated carbocycles. The van der Waals surface area contributed by atoms with Crippen molar-refractivity contribution in [2.24, 2.45) is 0 Å². The number of carbonyl (C=O) groups is 1. The maximum absolute atomic E-state index is 13.7. The number of piperidine rings is 1. The van der Waals surface area contributed by atoms with Gasteiger partial charge in [0.1, 0.15) is 11.3 Å². The van der Waals surface area contributed by atoms with E-state index in [-0.39, 0.29) is 28.9 Å². The number of H-pyrrole nitrogens is 1. The third-order valence-electron chi connectivity index (χ3n) is 5.09. The van der Waals surface area contributed by atoms with Crippen LogP contribution in [0, 0.1) is 0 Å². The van der Waals surface area contributed by atoms with Gasteiger partial charge in [0.15, 0.2) is 0 Å². The Balaban J connectivity index is 1.76. The molecular weight excluding hydrogens is 385 g/mol. The number of rotatable bonds is 3. The minimum absolute atomic E-state index is 0.0519. The molecule has 1 atom stereocenters. The zero-order valence-electron chi connectivity index (χ0n) is 15.6. The first-order valence-corrected chi connectivity index (χ1v) is 9.51. The quantitative estimate of drug-likeness (QED) is 0.629. The van der Waals surface area contributed by atoms with E-state index >= 15 is 0 Å². The molecule has 2 aliphatic rings. The van der Waals surface area contributed by atoms with Crippen LogP contribution < -0.4 is 16.0 Å². The summed E-state index contributed by atoms with van der Waals surface area (Å²) in [5.74, 6) is -0.247. The van der Waals surface area contributed by atoms with E-state index in [9.17, 15) is 18.0 Å². The number of carbonyl (C=O) groups excluding carboxylic acids is 1. The molecule has 1 fully saturated rings. The fourth-order valence-electron chi connectivity index (χ4n) is 3.67. The van der Waals surface area contributed by atoms with Gasteiger partial charge in [0.2, 0.25) is 5.95 Å². The Bertz CT molecular complexity index is 931. The summed E-state index contributed by atoms with van der Waals surface area (Å²) in [5.41, 5.74) is -0.119. The van der Waals surface area contributed by atoms with Crippen LogP contribution in [0.2, 0.25) is 0 Å². The van der Waals surface area contributed by atoms with Crippen LogP contribution in [0.25, 0.3) is 11.3 Å². The molecule has 0 bridgehead atoms. The van der Waals surface area contributed by atoms with Crippen LogP contribution in [-0.2, 0) is 12.6 Å². The molecule has 0 spiro atoms. The molecule has 4 heterocycles. The lowest BCUT2D eigenvalue weighted by Crippen LogP contribution is -2.38. The van der Waals surface area contributed by atoms with Gasteiger partial charge in [-0.3, -0.25) is 4.79 Å². The van der Waals surface area contributed by atoms with Crippen molar-refractivity contribution in [2.75, 3.05) is 18.4 Å². The number of nitrogens with one attached hydrogen (secondary N) is 4. The van der Waals surface area contributed by atoms with Gasteiger partial charge in [0.05, 0.1) is 5.69 Å². The van der Waals surface area contributed by atoms with E-state index in [0.717, 1.165) is 25.6 Å². The van der Waals surface area contributed by atoms with Crippen molar-refractivity contribution in [1.82, 2.24) is 25.6 Å². The van der Waals surface area contributed by atoms with E-state index in [1.807, 2.05) is 0 Å². The molecule has 29 heavy (non-hydrogen) atoms. The Hall–Kier alpha value is -2.88. The summed E-state index contributed by atoms with van der Waals surface area (Å²) >= 11 is 0. The first-order chi connectivity index (χ1) is 13.9. The molecule has 0 radical (unpaired) electrons. The SMILES string of the molecule is O=C1N/C=C\CCc2c(-c3nc(N[C@H]4CCCNC4)ncc3C(F)(F)F)c[nH]c21. The Morgan fingerprint density at radius 1 is 1.28 bits per heavy atom. The zero-order valence-corrected chi connectivity index (χ0v) is 15.6. The summed E-state index contributed by atoms with van der Waals surface area (Å²) in [4.78, 5) is 23.2. The van der Waals surface area contributed by atoms with E-state index in [1.165, 1.54) is 12.4 Å². The Morgan fingerprint density at radius 3 is 2.90 bits per heavy atom. The lowest BCUT2D eigenvalue weighted by Gasteiger charge is -2.24. The number of alkyl halides is 3. The maximum Gasteiger partial charge on any atom is 0.419 e. The molecule has 1 saturated heterocycles. The lowest BCUT2D eigenvalue weighted by molar-refractivity contribution is -0.137. The van der Waals surface area contributed by atoms with Crippen LogP contribution >= 0.6 is 0 Å². The van der Waals surface area contributed by atoms with Crippen LogP contribution in [0.5, 0.6) is 0 Å². The normalized spacial score (nSPS) is 20.9. The minimum Gasteiger partial charge on any atom is -0.356 e. The summed E-state index contributed by atoms with van der Waals surface area (Å²) in [5, 5.41) is 8.95. The number of aromatic amines is 1. The van der Waals surface area contributed by atoms with Gasteiger partial charge >= 0.3 is 6.18 Å². The van der Waals surface area contributed by atoms with Crippen LogP contribution in [-0.4, -0.2) is 40.0 Å². The third kappa shape index (κ3) is 4.12. The van der Waals surface area contributed by atoms with Gasteiger partial charge in [-0.05, 0) is 37.8 Å². The average molecular weight is 406 g/mol. The van der Waals surface area contributed by atoms with Gasteiger partial charge in [-0.25, -0.2) is 9.97 Å². The van der Waals surface area contributed by atoms with Crippen LogP contribution in [0.15, 0.2) is 24.7 Å². The lowest BCUT2D eigenvalue weighted by atomic mass is 9.99. The van der Waals surface area contributed by atoms with Crippen LogP contribution in [0.3, 0.4) is 0 Å². The highest BCUT2D eigenvalue weighted by atomic mass is 19.4. The number of nitrogens with zero attached hydrogens (tertiary/aromatic N) is 2. The van der Waals surface area contributed by atoms with Crippen molar-refractivity contribution >= 4 is 11.9 Å². The number of fused-ring (bicyclic) bond motifs is 1. The Labute approximate surface area is 165 Å². The van der Waals surface area contributed by atoms with E-state index in [1.54, 1.807) is 6.08 Å². The van der Waals surface area contributed by atoms with Gasteiger partial charge in [0, 0.05) is 36.7 Å². The predicted octanol–water partition coefficient (Wildman–Crippen LogP) is 2.84. The van der Waals surface area contributed by atoms with E-state index in [0.29, 0.717) is 24.9 Å². The number of hydrogen-bond donors (Lipinski definition) is 4. The number of halogens is 3. The number of aromatic nitrogens is 3. The highest BCUT2D eigenvalue weighted by Crippen LogP contribution is 2.38. The number of anilines is 1. The first kappa shape index (κ1) is 19.4. The molecule has 1 amide bonds. The smallest absolute Gasteiger partial charge is 0.356 e. The van der Waals surface area contributed by atoms with Crippen molar-refractivity contribution in [2.45, 2.75) is 37.9 Å². The van der Waals surface area contributed by atoms with Crippen molar-refractivity contribution in [1.29, 1.82) is 0 Å². The summed E-state index contributed by atoms with van der Waals surface area (Å²) in [6.45, 7) is 1.62. The second kappa shape index (κ2) is 7.86. The number of amides is 1. The second-order valence-corrected chi connectivity index (χ2v) is 7.11. The zero-order chi connectivity index (χ0) is 20.4. The fourth-order valence-corrected chi connectivity index (χ4v) is 3.67. The van der Waals surface area contributed by atoms with Gasteiger partial charge < -0.3 is 20.9 Å². The molecule has 4 N–H and O–H groups in total. The molecule has 7 nitrogen and oxygen atoms in total. The molecule has 2 aromatic rings. The predicted molar refractivity (Wildman–Crippen MR) is 101 cm³/mol. The van der Waals surface area contributed by atoms with Crippen LogP contribution in [0.1, 0.15) is 40.9 Å². The second-order valence-electron chi connectivity index (χ2n) is 7.11. The molecular formula is C19H21F3N6O. The van der Waals surface area contributed by atoms with Gasteiger partial charge in [-0.2, -0.15) is 13.2 Å². The average Bonchev–Trinajstić information content (AvgIpc) is 3.09. The summed E-state index contributed by atoms with van der Waals surface area (Å²) in [6.07, 6.45) is 3.79. The summed E-state index contributed by atoms with van der Waals surface area (Å²) in [6, 6.07) is 0.0519. The van der Waals surface area contributed by atoms with Gasteiger partial charge in [-0.15, -0.1) is 0 Å². The molecule has 2 aromatic heterocycles. The van der Waals surface area contributed by atoms with Crippen molar-refractivity contribution in [3.8, 4) is 11.3 Å². The van der Waals surface area contributed by atoms with Crippen molar-refractivity contribution in [3.63, 3.8) is 0 Å². The fraction of sp³-hybridized carbons (Fsp3) is 0.421. The Morgan fingerprint density at radius 2 is 2.14 bits per heavy atom. The highest BCUT2D eigenvalue weighted by molar-refractivity contribution is 5.97. The highest BCUT2D eigenvalue weighted by Gasteiger charge is 2.37. The third-order valence-corrected chi connectivity index (χ3v) is 5.09. The minimum atomic E-state index is -4.62. The monoisotopic (exact) mass is 406 g/mol. The topological polar surface area (TPSA) is 94.7 Å². The molecule has 0 aliphatic carbocycles. The summed E-state index contributed by atoms with van der Waals surface area (Å²) < 4.78 is 41.0. The number of allylic oxidation sites excluding steroid dienone is 1. The van der Waals surface area contributed by atoms with E-state index < -0.39 is 17.6 Å². The van der Waals surface area contributed by atoms with Gasteiger partial charge in [-0.1, -0.05) is 6.08 Å². The molecule has 154 valence electrons. The number of hydrogen-bond acceptors (Lipinski definition) is 5. The molecule has 10 heteroatoms. The van der Waals surface area contributed by atoms with Crippen LogP contribution in [0.4, 0.5) is 19.1 Å². The molecule has 4 rings (SSSR count). The Kier molecular flexibility index (Phi) is 5.27. The largest absolute Gasteiger partial charge is 0.419 e. The first-order valence-electron chi connectivity index (χ1n) is 9.51. The van der Waals surface area contributed by atoms with E-state index in [4.69, 9.17) is 0 Å². The molecule has 0 aromatic carbocycles. The van der Waals surface area contributed by atoms with Crippen molar-refractivity contribution < 1.29 is 18.0 Å². The van der Waals surface area contributed by atoms with Gasteiger partial charge in [0.25, 0.3) is 5.91 Å². The van der Waals surface area contributed by atoms with E-state index in [2.05, 4.69) is 30.9 Å². The molecule has 0 unspecified atom stereocenters.